The molecule has 4 N–H and O–H groups in total. The van der Waals surface area contributed by atoms with Crippen LogP contribution in [0.2, 0.25) is 0 Å². The van der Waals surface area contributed by atoms with Gasteiger partial charge >= 0.3 is 0 Å². The lowest BCUT2D eigenvalue weighted by Gasteiger charge is -2.02. The predicted octanol–water partition coefficient (Wildman–Crippen LogP) is 0.0785. The van der Waals surface area contributed by atoms with Gasteiger partial charge in [0.2, 0.25) is 0 Å². The van der Waals surface area contributed by atoms with E-state index in [4.69, 9.17) is 11.5 Å². The minimum atomic E-state index is -0.0784. The largest absolute Gasteiger partial charge is 0.384 e. The van der Waals surface area contributed by atoms with Crippen LogP contribution in [0.15, 0.2) is 12.4 Å². The summed E-state index contributed by atoms with van der Waals surface area (Å²) in [7, 11) is 0. The third kappa shape index (κ3) is 1.41. The Balaban J connectivity index is 2.96. The average molecular weight is 138 g/mol. The molecule has 0 saturated heterocycles. The molecule has 0 unspecified atom stereocenters. The highest BCUT2D eigenvalue weighted by Crippen LogP contribution is 2.06. The molecule has 0 aliphatic heterocycles. The van der Waals surface area contributed by atoms with Crippen molar-refractivity contribution in [2.24, 2.45) is 5.73 Å². The van der Waals surface area contributed by atoms with E-state index in [1.165, 1.54) is 6.33 Å². The highest BCUT2D eigenvalue weighted by Gasteiger charge is 1.99. The minimum absolute atomic E-state index is 0.0784. The van der Waals surface area contributed by atoms with E-state index in [0.717, 1.165) is 5.69 Å². The van der Waals surface area contributed by atoms with E-state index in [9.17, 15) is 0 Å². The zero-order valence-electron chi connectivity index (χ0n) is 5.78. The fraction of sp³-hybridized carbons (Fsp3) is 0.333. The van der Waals surface area contributed by atoms with Crippen LogP contribution in [0.1, 0.15) is 18.7 Å². The van der Waals surface area contributed by atoms with Gasteiger partial charge in [-0.1, -0.05) is 0 Å². The summed E-state index contributed by atoms with van der Waals surface area (Å²) < 4.78 is 0. The lowest BCUT2D eigenvalue weighted by molar-refractivity contribution is 0.776. The van der Waals surface area contributed by atoms with Crippen molar-refractivity contribution in [3.8, 4) is 0 Å². The van der Waals surface area contributed by atoms with Gasteiger partial charge in [0.15, 0.2) is 0 Å². The fourth-order valence-corrected chi connectivity index (χ4v) is 0.637. The molecule has 0 aliphatic rings. The van der Waals surface area contributed by atoms with Crippen molar-refractivity contribution in [2.75, 3.05) is 5.73 Å². The molecule has 0 spiro atoms. The summed E-state index contributed by atoms with van der Waals surface area (Å²) in [5.74, 6) is 0.460. The van der Waals surface area contributed by atoms with Crippen LogP contribution in [0.5, 0.6) is 0 Å². The van der Waals surface area contributed by atoms with Gasteiger partial charge in [0.25, 0.3) is 0 Å². The molecular formula is C6H10N4. The van der Waals surface area contributed by atoms with Crippen molar-refractivity contribution >= 4 is 5.82 Å². The lowest BCUT2D eigenvalue weighted by Crippen LogP contribution is -2.08. The van der Waals surface area contributed by atoms with Crippen molar-refractivity contribution in [1.82, 2.24) is 9.97 Å². The first kappa shape index (κ1) is 6.95. The van der Waals surface area contributed by atoms with E-state index in [1.54, 1.807) is 6.07 Å². The number of nitrogens with zero attached hydrogens (tertiary/aromatic N) is 2. The van der Waals surface area contributed by atoms with Crippen LogP contribution in [0.3, 0.4) is 0 Å². The minimum Gasteiger partial charge on any atom is -0.384 e. The maximum Gasteiger partial charge on any atom is 0.127 e. The first-order valence-electron chi connectivity index (χ1n) is 3.03. The standard InChI is InChI=1S/C6H10N4/c1-4(7)5-2-6(8)10-3-9-5/h2-4H,7H2,1H3,(H2,8,9,10)/t4-/m0/s1. The third-order valence-electron chi connectivity index (χ3n) is 1.18. The molecule has 0 aliphatic carbocycles. The molecule has 1 heterocycles. The molecule has 1 aromatic rings. The van der Waals surface area contributed by atoms with Crippen LogP contribution in [0.25, 0.3) is 0 Å². The fourth-order valence-electron chi connectivity index (χ4n) is 0.637. The van der Waals surface area contributed by atoms with Gasteiger partial charge in [-0.3, -0.25) is 0 Å². The Hall–Kier alpha value is -1.16. The summed E-state index contributed by atoms with van der Waals surface area (Å²) >= 11 is 0. The van der Waals surface area contributed by atoms with Gasteiger partial charge in [0.1, 0.15) is 12.1 Å². The maximum atomic E-state index is 5.54. The molecule has 1 aromatic heterocycles. The highest BCUT2D eigenvalue weighted by atomic mass is 14.9. The number of hydrogen-bond donors (Lipinski definition) is 2. The van der Waals surface area contributed by atoms with Gasteiger partial charge in [-0.25, -0.2) is 9.97 Å². The summed E-state index contributed by atoms with van der Waals surface area (Å²) in [5, 5.41) is 0. The molecule has 4 nitrogen and oxygen atoms in total. The van der Waals surface area contributed by atoms with E-state index in [2.05, 4.69) is 9.97 Å². The zero-order chi connectivity index (χ0) is 7.56. The molecule has 0 amide bonds. The first-order chi connectivity index (χ1) is 4.70. The van der Waals surface area contributed by atoms with Gasteiger partial charge < -0.3 is 11.5 Å². The summed E-state index contributed by atoms with van der Waals surface area (Å²) in [6.45, 7) is 1.85. The number of anilines is 1. The molecule has 0 radical (unpaired) electrons. The molecule has 1 atom stereocenters. The number of aromatic nitrogens is 2. The van der Waals surface area contributed by atoms with Crippen molar-refractivity contribution in [3.63, 3.8) is 0 Å². The van der Waals surface area contributed by atoms with E-state index in [1.807, 2.05) is 6.92 Å². The number of hydrogen-bond acceptors (Lipinski definition) is 4. The third-order valence-corrected chi connectivity index (χ3v) is 1.18. The molecule has 54 valence electrons. The summed E-state index contributed by atoms with van der Waals surface area (Å²) in [6.07, 6.45) is 1.41. The second kappa shape index (κ2) is 2.62. The smallest absolute Gasteiger partial charge is 0.127 e. The Morgan fingerprint density at radius 3 is 2.60 bits per heavy atom. The van der Waals surface area contributed by atoms with Gasteiger partial charge in [-0.2, -0.15) is 0 Å². The van der Waals surface area contributed by atoms with E-state index in [-0.39, 0.29) is 6.04 Å². The van der Waals surface area contributed by atoms with Crippen LogP contribution in [-0.2, 0) is 0 Å². The van der Waals surface area contributed by atoms with Gasteiger partial charge in [-0.05, 0) is 6.92 Å². The Morgan fingerprint density at radius 2 is 2.20 bits per heavy atom. The molecule has 0 saturated carbocycles. The van der Waals surface area contributed by atoms with Crippen LogP contribution >= 0.6 is 0 Å². The molecule has 4 heteroatoms. The topological polar surface area (TPSA) is 77.8 Å². The summed E-state index contributed by atoms with van der Waals surface area (Å²) in [5.41, 5.74) is 11.7. The van der Waals surface area contributed by atoms with Crippen molar-refractivity contribution in [3.05, 3.63) is 18.1 Å². The number of nitrogen functional groups attached to an aromatic ring is 1. The van der Waals surface area contributed by atoms with Crippen molar-refractivity contribution < 1.29 is 0 Å². The molecule has 0 fully saturated rings. The molecule has 1 rings (SSSR count). The molecule has 0 bridgehead atoms. The van der Waals surface area contributed by atoms with Gasteiger partial charge in [0, 0.05) is 12.1 Å². The Labute approximate surface area is 59.3 Å². The average Bonchev–Trinajstić information content (AvgIpc) is 1.88. The summed E-state index contributed by atoms with van der Waals surface area (Å²) in [6, 6.07) is 1.59. The quantitative estimate of drug-likeness (QED) is 0.576. The Morgan fingerprint density at radius 1 is 1.50 bits per heavy atom. The lowest BCUT2D eigenvalue weighted by atomic mass is 10.2. The second-order valence-electron chi connectivity index (χ2n) is 2.16. The number of nitrogens with two attached hydrogens (primary N) is 2. The second-order valence-corrected chi connectivity index (χ2v) is 2.16. The van der Waals surface area contributed by atoms with E-state index >= 15 is 0 Å². The highest BCUT2D eigenvalue weighted by molar-refractivity contribution is 5.28. The zero-order valence-corrected chi connectivity index (χ0v) is 5.78. The molecule has 0 aromatic carbocycles. The monoisotopic (exact) mass is 138 g/mol. The van der Waals surface area contributed by atoms with Gasteiger partial charge in [-0.15, -0.1) is 0 Å². The number of rotatable bonds is 1. The normalized spacial score (nSPS) is 13.0. The van der Waals surface area contributed by atoms with E-state index < -0.39 is 0 Å². The van der Waals surface area contributed by atoms with Crippen molar-refractivity contribution in [2.45, 2.75) is 13.0 Å². The predicted molar refractivity (Wildman–Crippen MR) is 39.0 cm³/mol. The van der Waals surface area contributed by atoms with Crippen LogP contribution < -0.4 is 11.5 Å². The van der Waals surface area contributed by atoms with Crippen LogP contribution in [0, 0.1) is 0 Å². The summed E-state index contributed by atoms with van der Waals surface area (Å²) in [4.78, 5) is 7.66. The first-order valence-corrected chi connectivity index (χ1v) is 3.03. The van der Waals surface area contributed by atoms with Crippen molar-refractivity contribution in [1.29, 1.82) is 0 Å². The molecule has 10 heavy (non-hydrogen) atoms. The molecular weight excluding hydrogens is 128 g/mol. The Kier molecular flexibility index (Phi) is 1.82. The SMILES string of the molecule is C[C@H](N)c1cc(N)ncn1. The van der Waals surface area contributed by atoms with E-state index in [0.29, 0.717) is 5.82 Å². The van der Waals surface area contributed by atoms with Crippen LogP contribution in [0.4, 0.5) is 5.82 Å². The maximum absolute atomic E-state index is 5.54. The van der Waals surface area contributed by atoms with Gasteiger partial charge in [0.05, 0.1) is 5.69 Å². The van der Waals surface area contributed by atoms with Crippen LogP contribution in [-0.4, -0.2) is 9.97 Å². The Bertz CT molecular complexity index is 221.